The van der Waals surface area contributed by atoms with Crippen LogP contribution in [0.1, 0.15) is 38.3 Å². The summed E-state index contributed by atoms with van der Waals surface area (Å²) >= 11 is 0. The van der Waals surface area contributed by atoms with Gasteiger partial charge in [-0.25, -0.2) is 0 Å². The molecule has 1 aliphatic rings. The van der Waals surface area contributed by atoms with E-state index in [0.717, 1.165) is 16.9 Å². The van der Waals surface area contributed by atoms with Gasteiger partial charge in [-0.1, -0.05) is 42.5 Å². The largest absolute Gasteiger partial charge is 0.489 e. The van der Waals surface area contributed by atoms with Crippen molar-refractivity contribution in [1.82, 2.24) is 0 Å². The molecule has 2 atom stereocenters. The number of ether oxygens (including phenoxy) is 3. The van der Waals surface area contributed by atoms with Crippen LogP contribution in [-0.4, -0.2) is 24.6 Å². The molecule has 0 radical (unpaired) electrons. The van der Waals surface area contributed by atoms with E-state index in [2.05, 4.69) is 0 Å². The predicted octanol–water partition coefficient (Wildman–Crippen LogP) is 4.33. The quantitative estimate of drug-likeness (QED) is 0.652. The van der Waals surface area contributed by atoms with Crippen LogP contribution >= 0.6 is 0 Å². The third kappa shape index (κ3) is 5.17. The minimum Gasteiger partial charge on any atom is -0.489 e. The van der Waals surface area contributed by atoms with Gasteiger partial charge in [-0.05, 0) is 56.9 Å². The summed E-state index contributed by atoms with van der Waals surface area (Å²) in [5.41, 5.74) is 0.546. The minimum atomic E-state index is -0.866. The number of benzene rings is 2. The van der Waals surface area contributed by atoms with Crippen molar-refractivity contribution in [3.05, 3.63) is 65.7 Å². The van der Waals surface area contributed by atoms with Gasteiger partial charge in [0.05, 0.1) is 18.4 Å². The number of rotatable bonds is 7. The second kappa shape index (κ2) is 8.27. The molecule has 5 nitrogen and oxygen atoms in total. The lowest BCUT2D eigenvalue weighted by Gasteiger charge is -2.21. The van der Waals surface area contributed by atoms with Crippen molar-refractivity contribution in [3.63, 3.8) is 0 Å². The van der Waals surface area contributed by atoms with E-state index in [9.17, 15) is 9.59 Å². The van der Waals surface area contributed by atoms with E-state index in [1.165, 1.54) is 7.11 Å². The van der Waals surface area contributed by atoms with E-state index in [1.807, 2.05) is 75.4 Å². The Morgan fingerprint density at radius 1 is 1.03 bits per heavy atom. The van der Waals surface area contributed by atoms with Crippen LogP contribution in [0, 0.1) is 11.3 Å². The van der Waals surface area contributed by atoms with Crippen molar-refractivity contribution in [1.29, 1.82) is 0 Å². The fraction of sp³-hybridized carbons (Fsp3) is 0.417. The van der Waals surface area contributed by atoms with Crippen LogP contribution < -0.4 is 4.74 Å². The van der Waals surface area contributed by atoms with Crippen LogP contribution in [0.3, 0.4) is 0 Å². The maximum Gasteiger partial charge on any atom is 0.313 e. The summed E-state index contributed by atoms with van der Waals surface area (Å²) in [5, 5.41) is 0. The Labute approximate surface area is 172 Å². The first-order valence-electron chi connectivity index (χ1n) is 9.80. The molecule has 29 heavy (non-hydrogen) atoms. The van der Waals surface area contributed by atoms with Gasteiger partial charge in [0.25, 0.3) is 0 Å². The van der Waals surface area contributed by atoms with Crippen LogP contribution in [0.2, 0.25) is 0 Å². The average molecular weight is 396 g/mol. The summed E-state index contributed by atoms with van der Waals surface area (Å²) in [6.45, 7) is 5.93. The van der Waals surface area contributed by atoms with Gasteiger partial charge < -0.3 is 14.2 Å². The van der Waals surface area contributed by atoms with Crippen molar-refractivity contribution in [2.24, 2.45) is 11.3 Å². The molecule has 154 valence electrons. The molecule has 0 bridgehead atoms. The Balaban J connectivity index is 1.71. The van der Waals surface area contributed by atoms with Crippen molar-refractivity contribution in [3.8, 4) is 5.75 Å². The van der Waals surface area contributed by atoms with E-state index < -0.39 is 16.9 Å². The average Bonchev–Trinajstić information content (AvgIpc) is 3.41. The molecule has 5 heteroatoms. The van der Waals surface area contributed by atoms with Gasteiger partial charge in [-0.2, -0.15) is 0 Å². The molecule has 0 aliphatic heterocycles. The molecule has 0 spiro atoms. The first-order chi connectivity index (χ1) is 13.7. The molecule has 1 fully saturated rings. The Bertz CT molecular complexity index is 868. The fourth-order valence-corrected chi connectivity index (χ4v) is 3.53. The predicted molar refractivity (Wildman–Crippen MR) is 109 cm³/mol. The van der Waals surface area contributed by atoms with Crippen LogP contribution in [0.4, 0.5) is 0 Å². The lowest BCUT2D eigenvalue weighted by Crippen LogP contribution is -2.30. The van der Waals surface area contributed by atoms with Crippen LogP contribution in [0.15, 0.2) is 54.6 Å². The second-order valence-corrected chi connectivity index (χ2v) is 8.54. The molecular formula is C24H28O5. The number of hydrogen-bond acceptors (Lipinski definition) is 5. The molecule has 0 N–H and O–H groups in total. The first-order valence-corrected chi connectivity index (χ1v) is 9.80. The summed E-state index contributed by atoms with van der Waals surface area (Å²) in [6.07, 6.45) is 0.843. The van der Waals surface area contributed by atoms with Crippen molar-refractivity contribution < 1.29 is 23.8 Å². The normalized spacial score (nSPS) is 20.6. The monoisotopic (exact) mass is 396 g/mol. The van der Waals surface area contributed by atoms with Crippen molar-refractivity contribution in [2.75, 3.05) is 7.11 Å². The van der Waals surface area contributed by atoms with E-state index in [1.54, 1.807) is 0 Å². The Kier molecular flexibility index (Phi) is 5.96. The standard InChI is InChI=1S/C24H28O5/c1-23(2,3)29-21(25)20-15-24(20,22(26)27-4)14-18-11-8-12-19(13-18)28-16-17-9-6-5-7-10-17/h5-13,20H,14-16H2,1-4H3/t20-,24+/m1/s1. The fourth-order valence-electron chi connectivity index (χ4n) is 3.53. The molecular weight excluding hydrogens is 368 g/mol. The third-order valence-corrected chi connectivity index (χ3v) is 5.02. The molecule has 1 aliphatic carbocycles. The molecule has 0 saturated heterocycles. The maximum atomic E-state index is 12.5. The highest BCUT2D eigenvalue weighted by atomic mass is 16.6. The van der Waals surface area contributed by atoms with E-state index in [-0.39, 0.29) is 11.9 Å². The summed E-state index contributed by atoms with van der Waals surface area (Å²) in [4.78, 5) is 25.0. The van der Waals surface area contributed by atoms with Crippen molar-refractivity contribution >= 4 is 11.9 Å². The minimum absolute atomic E-state index is 0.348. The van der Waals surface area contributed by atoms with Gasteiger partial charge >= 0.3 is 11.9 Å². The number of hydrogen-bond donors (Lipinski definition) is 0. The Hall–Kier alpha value is -2.82. The number of carbonyl (C=O) groups is 2. The summed E-state index contributed by atoms with van der Waals surface area (Å²) < 4.78 is 16.4. The molecule has 2 aromatic rings. The molecule has 0 unspecified atom stereocenters. The SMILES string of the molecule is COC(=O)[C@@]1(Cc2cccc(OCc3ccccc3)c2)C[C@@H]1C(=O)OC(C)(C)C. The van der Waals surface area contributed by atoms with Crippen LogP contribution in [-0.2, 0) is 32.1 Å². The van der Waals surface area contributed by atoms with Crippen LogP contribution in [0.25, 0.3) is 0 Å². The number of esters is 2. The summed E-state index contributed by atoms with van der Waals surface area (Å²) in [5.74, 6) is -0.479. The van der Waals surface area contributed by atoms with Crippen molar-refractivity contribution in [2.45, 2.75) is 45.8 Å². The molecule has 2 aromatic carbocycles. The Morgan fingerprint density at radius 3 is 2.38 bits per heavy atom. The highest BCUT2D eigenvalue weighted by Gasteiger charge is 2.65. The number of carbonyl (C=O) groups excluding carboxylic acids is 2. The van der Waals surface area contributed by atoms with E-state index >= 15 is 0 Å². The summed E-state index contributed by atoms with van der Waals surface area (Å²) in [7, 11) is 1.36. The number of methoxy groups -OCH3 is 1. The molecule has 0 amide bonds. The van der Waals surface area contributed by atoms with Gasteiger partial charge in [0.2, 0.25) is 0 Å². The zero-order valence-electron chi connectivity index (χ0n) is 17.4. The smallest absolute Gasteiger partial charge is 0.313 e. The van der Waals surface area contributed by atoms with E-state index in [0.29, 0.717) is 19.4 Å². The molecule has 3 rings (SSSR count). The second-order valence-electron chi connectivity index (χ2n) is 8.54. The highest BCUT2D eigenvalue weighted by Crippen LogP contribution is 2.56. The summed E-state index contributed by atoms with van der Waals surface area (Å²) in [6, 6.07) is 17.5. The zero-order chi connectivity index (χ0) is 21.1. The maximum absolute atomic E-state index is 12.5. The van der Waals surface area contributed by atoms with Gasteiger partial charge in [0.1, 0.15) is 18.0 Å². The highest BCUT2D eigenvalue weighted by molar-refractivity contribution is 5.91. The van der Waals surface area contributed by atoms with Crippen LogP contribution in [0.5, 0.6) is 5.75 Å². The Morgan fingerprint density at radius 2 is 1.72 bits per heavy atom. The van der Waals surface area contributed by atoms with E-state index in [4.69, 9.17) is 14.2 Å². The molecule has 0 heterocycles. The molecule has 0 aromatic heterocycles. The lowest BCUT2D eigenvalue weighted by atomic mass is 9.93. The van der Waals surface area contributed by atoms with Gasteiger partial charge in [0, 0.05) is 0 Å². The molecule has 1 saturated carbocycles. The third-order valence-electron chi connectivity index (χ3n) is 5.02. The van der Waals surface area contributed by atoms with Gasteiger partial charge in [0.15, 0.2) is 0 Å². The van der Waals surface area contributed by atoms with Gasteiger partial charge in [-0.3, -0.25) is 9.59 Å². The lowest BCUT2D eigenvalue weighted by molar-refractivity contribution is -0.161. The topological polar surface area (TPSA) is 61.8 Å². The first kappa shape index (κ1) is 20.9. The van der Waals surface area contributed by atoms with Gasteiger partial charge in [-0.15, -0.1) is 0 Å². The zero-order valence-corrected chi connectivity index (χ0v) is 17.4.